The van der Waals surface area contributed by atoms with Gasteiger partial charge in [-0.25, -0.2) is 4.68 Å². The van der Waals surface area contributed by atoms with Gasteiger partial charge < -0.3 is 0 Å². The molecule has 0 saturated carbocycles. The summed E-state index contributed by atoms with van der Waals surface area (Å²) >= 11 is 0. The molecule has 0 fully saturated rings. The number of hydrogen-bond acceptors (Lipinski definition) is 2. The van der Waals surface area contributed by atoms with Crippen LogP contribution in [-0.4, -0.2) is 15.6 Å². The highest BCUT2D eigenvalue weighted by atomic mass is 16.1. The van der Waals surface area contributed by atoms with Gasteiger partial charge >= 0.3 is 0 Å². The first kappa shape index (κ1) is 13.3. The zero-order chi connectivity index (χ0) is 14.8. The number of para-hydroxylation sites is 1. The Labute approximate surface area is 123 Å². The van der Waals surface area contributed by atoms with Crippen LogP contribution in [0.5, 0.6) is 0 Å². The van der Waals surface area contributed by atoms with Crippen LogP contribution in [0.25, 0.3) is 5.69 Å². The summed E-state index contributed by atoms with van der Waals surface area (Å²) in [4.78, 5) is 12.6. The molecule has 0 unspecified atom stereocenters. The van der Waals surface area contributed by atoms with E-state index in [1.807, 2.05) is 68.4 Å². The van der Waals surface area contributed by atoms with Crippen molar-refractivity contribution in [3.05, 3.63) is 83.2 Å². The minimum Gasteiger partial charge on any atom is -0.288 e. The van der Waals surface area contributed by atoms with E-state index in [2.05, 4.69) is 5.10 Å². The van der Waals surface area contributed by atoms with Crippen LogP contribution in [0.4, 0.5) is 0 Å². The lowest BCUT2D eigenvalue weighted by Gasteiger charge is -2.05. The molecule has 0 aliphatic heterocycles. The van der Waals surface area contributed by atoms with E-state index < -0.39 is 0 Å². The van der Waals surface area contributed by atoms with E-state index in [0.717, 1.165) is 16.9 Å². The minimum atomic E-state index is 0.00896. The molecule has 0 radical (unpaired) electrons. The number of aryl methyl sites for hydroxylation is 1. The topological polar surface area (TPSA) is 34.9 Å². The van der Waals surface area contributed by atoms with Gasteiger partial charge in [0.25, 0.3) is 0 Å². The van der Waals surface area contributed by atoms with Crippen LogP contribution in [0.1, 0.15) is 27.2 Å². The fourth-order valence-corrected chi connectivity index (χ4v) is 2.32. The molecular weight excluding hydrogens is 260 g/mol. The maximum absolute atomic E-state index is 12.6. The number of carbonyl (C=O) groups excluding carboxylic acids is 1. The van der Waals surface area contributed by atoms with Crippen LogP contribution in [0.15, 0.2) is 60.8 Å². The van der Waals surface area contributed by atoms with E-state index in [0.29, 0.717) is 11.1 Å². The van der Waals surface area contributed by atoms with E-state index in [9.17, 15) is 4.79 Å². The van der Waals surface area contributed by atoms with E-state index in [1.54, 1.807) is 10.9 Å². The van der Waals surface area contributed by atoms with Crippen molar-refractivity contribution in [1.82, 2.24) is 9.78 Å². The van der Waals surface area contributed by atoms with E-state index in [-0.39, 0.29) is 5.78 Å². The molecule has 0 saturated heterocycles. The second-order valence-corrected chi connectivity index (χ2v) is 5.09. The quantitative estimate of drug-likeness (QED) is 0.683. The fourth-order valence-electron chi connectivity index (χ4n) is 2.32. The summed E-state index contributed by atoms with van der Waals surface area (Å²) in [5, 5.41) is 4.35. The highest BCUT2D eigenvalue weighted by Crippen LogP contribution is 2.17. The molecule has 0 aliphatic rings. The number of benzene rings is 2. The van der Waals surface area contributed by atoms with E-state index >= 15 is 0 Å². The van der Waals surface area contributed by atoms with Gasteiger partial charge in [-0.1, -0.05) is 48.0 Å². The molecule has 1 aromatic heterocycles. The predicted octanol–water partition coefficient (Wildman–Crippen LogP) is 3.72. The van der Waals surface area contributed by atoms with Crippen molar-refractivity contribution < 1.29 is 4.79 Å². The van der Waals surface area contributed by atoms with Crippen LogP contribution in [0.3, 0.4) is 0 Å². The van der Waals surface area contributed by atoms with Gasteiger partial charge in [0, 0.05) is 5.56 Å². The number of rotatable bonds is 3. The summed E-state index contributed by atoms with van der Waals surface area (Å²) in [7, 11) is 0. The maximum atomic E-state index is 12.6. The number of hydrogen-bond donors (Lipinski definition) is 0. The smallest absolute Gasteiger partial charge is 0.196 e. The zero-order valence-corrected chi connectivity index (χ0v) is 12.1. The lowest BCUT2D eigenvalue weighted by molar-refractivity contribution is 0.103. The molecule has 3 rings (SSSR count). The van der Waals surface area contributed by atoms with Crippen molar-refractivity contribution in [2.45, 2.75) is 13.8 Å². The Balaban J connectivity index is 1.99. The third-order valence-electron chi connectivity index (χ3n) is 3.57. The summed E-state index contributed by atoms with van der Waals surface area (Å²) in [5.74, 6) is 0.00896. The van der Waals surface area contributed by atoms with Crippen molar-refractivity contribution in [1.29, 1.82) is 0 Å². The Hall–Kier alpha value is -2.68. The van der Waals surface area contributed by atoms with E-state index in [4.69, 9.17) is 0 Å². The van der Waals surface area contributed by atoms with Gasteiger partial charge in [-0.15, -0.1) is 0 Å². The van der Waals surface area contributed by atoms with Gasteiger partial charge in [0.2, 0.25) is 0 Å². The van der Waals surface area contributed by atoms with Crippen molar-refractivity contribution in [2.24, 2.45) is 0 Å². The first-order valence-electron chi connectivity index (χ1n) is 6.88. The van der Waals surface area contributed by atoms with Crippen LogP contribution in [-0.2, 0) is 0 Å². The van der Waals surface area contributed by atoms with Crippen molar-refractivity contribution in [3.8, 4) is 5.69 Å². The Morgan fingerprint density at radius 1 is 0.952 bits per heavy atom. The summed E-state index contributed by atoms with van der Waals surface area (Å²) in [6.45, 7) is 3.92. The van der Waals surface area contributed by atoms with E-state index in [1.165, 1.54) is 0 Å². The van der Waals surface area contributed by atoms with Gasteiger partial charge in [-0.05, 0) is 26.0 Å². The molecule has 21 heavy (non-hydrogen) atoms. The minimum absolute atomic E-state index is 0.00896. The Bertz CT molecular complexity index is 771. The zero-order valence-electron chi connectivity index (χ0n) is 12.1. The molecule has 0 N–H and O–H groups in total. The molecule has 3 heteroatoms. The van der Waals surface area contributed by atoms with Gasteiger partial charge in [-0.3, -0.25) is 4.79 Å². The average Bonchev–Trinajstić information content (AvgIpc) is 2.90. The second kappa shape index (κ2) is 5.37. The largest absolute Gasteiger partial charge is 0.288 e. The lowest BCUT2D eigenvalue weighted by Crippen LogP contribution is -2.04. The number of ketones is 1. The molecular formula is C18H16N2O. The van der Waals surface area contributed by atoms with Crippen LogP contribution in [0, 0.1) is 13.8 Å². The first-order chi connectivity index (χ1) is 10.2. The number of aromatic nitrogens is 2. The molecule has 0 spiro atoms. The van der Waals surface area contributed by atoms with Gasteiger partial charge in [0.1, 0.15) is 0 Å². The van der Waals surface area contributed by atoms with Crippen molar-refractivity contribution >= 4 is 5.78 Å². The maximum Gasteiger partial charge on any atom is 0.196 e. The molecule has 0 atom stereocenters. The molecule has 1 heterocycles. The molecule has 3 aromatic rings. The molecule has 3 nitrogen and oxygen atoms in total. The summed E-state index contributed by atoms with van der Waals surface area (Å²) < 4.78 is 1.79. The van der Waals surface area contributed by atoms with Crippen molar-refractivity contribution in [2.75, 3.05) is 0 Å². The van der Waals surface area contributed by atoms with Gasteiger partial charge in [0.15, 0.2) is 5.78 Å². The molecule has 0 bridgehead atoms. The SMILES string of the molecule is Cc1ccc(C(=O)c2cnn(-c3ccccc3)c2C)cc1. The Morgan fingerprint density at radius 3 is 2.29 bits per heavy atom. The fraction of sp³-hybridized carbons (Fsp3) is 0.111. The van der Waals surface area contributed by atoms with Crippen LogP contribution >= 0.6 is 0 Å². The standard InChI is InChI=1S/C18H16N2O/c1-13-8-10-15(11-9-13)18(21)17-12-19-20(14(17)2)16-6-4-3-5-7-16/h3-12H,1-2H3. The number of nitrogens with zero attached hydrogens (tertiary/aromatic N) is 2. The van der Waals surface area contributed by atoms with Crippen molar-refractivity contribution in [3.63, 3.8) is 0 Å². The molecule has 2 aromatic carbocycles. The van der Waals surface area contributed by atoms with Gasteiger partial charge in [0.05, 0.1) is 23.1 Å². The highest BCUT2D eigenvalue weighted by Gasteiger charge is 2.16. The second-order valence-electron chi connectivity index (χ2n) is 5.09. The average molecular weight is 276 g/mol. The van der Waals surface area contributed by atoms with Crippen LogP contribution in [0.2, 0.25) is 0 Å². The predicted molar refractivity (Wildman–Crippen MR) is 82.9 cm³/mol. The third-order valence-corrected chi connectivity index (χ3v) is 3.57. The monoisotopic (exact) mass is 276 g/mol. The first-order valence-corrected chi connectivity index (χ1v) is 6.88. The highest BCUT2D eigenvalue weighted by molar-refractivity contribution is 6.09. The lowest BCUT2D eigenvalue weighted by atomic mass is 10.0. The molecule has 0 amide bonds. The molecule has 104 valence electrons. The van der Waals surface area contributed by atoms with Crippen LogP contribution < -0.4 is 0 Å². The Kier molecular flexibility index (Phi) is 3.40. The van der Waals surface area contributed by atoms with Gasteiger partial charge in [-0.2, -0.15) is 5.10 Å². The summed E-state index contributed by atoms with van der Waals surface area (Å²) in [6.07, 6.45) is 1.64. The Morgan fingerprint density at radius 2 is 1.62 bits per heavy atom. The number of carbonyl (C=O) groups is 1. The molecule has 0 aliphatic carbocycles. The summed E-state index contributed by atoms with van der Waals surface area (Å²) in [5.41, 5.74) is 4.28. The third kappa shape index (κ3) is 2.50. The summed E-state index contributed by atoms with van der Waals surface area (Å²) in [6, 6.07) is 17.4. The normalized spacial score (nSPS) is 10.6.